The van der Waals surface area contributed by atoms with Gasteiger partial charge < -0.3 is 11.1 Å². The summed E-state index contributed by atoms with van der Waals surface area (Å²) in [6.07, 6.45) is 6.78. The smallest absolute Gasteiger partial charge is 0.339 e. The van der Waals surface area contributed by atoms with E-state index in [-0.39, 0.29) is 0 Å². The van der Waals surface area contributed by atoms with E-state index in [0.717, 1.165) is 33.7 Å². The highest BCUT2D eigenvalue weighted by molar-refractivity contribution is 5.73. The Balaban J connectivity index is 1.38. The molecule has 2 fully saturated rings. The van der Waals surface area contributed by atoms with Crippen LogP contribution in [-0.4, -0.2) is 33.1 Å². The number of hydrogen-bond donors (Lipinski definition) is 2. The third-order valence-electron chi connectivity index (χ3n) is 6.63. The third kappa shape index (κ3) is 3.78. The van der Waals surface area contributed by atoms with Gasteiger partial charge in [-0.15, -0.1) is 0 Å². The number of fused-ring (bicyclic) bond motifs is 1. The summed E-state index contributed by atoms with van der Waals surface area (Å²) in [5.41, 5.74) is 10.3. The number of rotatable bonds is 4. The highest BCUT2D eigenvalue weighted by atomic mass is 16.7. The number of carbonyl (C=O) groups excluding carboxylic acids is 1. The maximum absolute atomic E-state index is 12.3. The van der Waals surface area contributed by atoms with Gasteiger partial charge in [0.1, 0.15) is 11.2 Å². The fraction of sp³-hybridized carbons (Fsp3) is 0.214. The number of pyridine rings is 1. The van der Waals surface area contributed by atoms with Crippen molar-refractivity contribution in [3.05, 3.63) is 102 Å². The molecule has 7 heteroatoms. The number of nitrogens with two attached hydrogens (primary N) is 1. The number of hydroxylamine groups is 2. The van der Waals surface area contributed by atoms with Crippen LogP contribution in [0.2, 0.25) is 0 Å². The maximum Gasteiger partial charge on any atom is 0.339 e. The molecule has 7 nitrogen and oxygen atoms in total. The van der Waals surface area contributed by atoms with Gasteiger partial charge in [-0.2, -0.15) is 5.06 Å². The van der Waals surface area contributed by atoms with Crippen molar-refractivity contribution in [2.24, 2.45) is 5.73 Å². The first-order valence-electron chi connectivity index (χ1n) is 11.8. The van der Waals surface area contributed by atoms with Gasteiger partial charge in [-0.1, -0.05) is 48.4 Å². The molecule has 1 aliphatic heterocycles. The first-order chi connectivity index (χ1) is 17.1. The number of benzene rings is 2. The van der Waals surface area contributed by atoms with E-state index < -0.39 is 11.6 Å². The van der Waals surface area contributed by atoms with Gasteiger partial charge in [-0.3, -0.25) is 9.24 Å². The summed E-state index contributed by atoms with van der Waals surface area (Å²) in [5, 5.41) is 4.83. The lowest BCUT2D eigenvalue weighted by Gasteiger charge is -2.36. The average Bonchev–Trinajstić information content (AvgIpc) is 3.42. The van der Waals surface area contributed by atoms with Gasteiger partial charge >= 0.3 is 6.03 Å². The van der Waals surface area contributed by atoms with Crippen LogP contribution in [0, 0.1) is 11.8 Å². The normalized spacial score (nSPS) is 19.4. The quantitative estimate of drug-likeness (QED) is 0.443. The highest BCUT2D eigenvalue weighted by Crippen LogP contribution is 2.43. The molecule has 35 heavy (non-hydrogen) atoms. The van der Waals surface area contributed by atoms with Gasteiger partial charge in [0, 0.05) is 24.2 Å². The van der Waals surface area contributed by atoms with Crippen LogP contribution in [0.4, 0.5) is 10.5 Å². The summed E-state index contributed by atoms with van der Waals surface area (Å²) < 4.78 is 2.01. The van der Waals surface area contributed by atoms with Crippen LogP contribution < -0.4 is 11.1 Å². The van der Waals surface area contributed by atoms with Gasteiger partial charge in [0.25, 0.3) is 0 Å². The molecule has 1 aliphatic carbocycles. The molecule has 2 aromatic heterocycles. The van der Waals surface area contributed by atoms with Crippen LogP contribution in [0.3, 0.4) is 0 Å². The Morgan fingerprint density at radius 2 is 1.89 bits per heavy atom. The molecule has 0 bridgehead atoms. The van der Waals surface area contributed by atoms with Gasteiger partial charge in [-0.05, 0) is 54.2 Å². The minimum absolute atomic E-state index is 0.396. The fourth-order valence-corrected chi connectivity index (χ4v) is 4.81. The Kier molecular flexibility index (Phi) is 5.16. The number of carbonyl (C=O) groups is 1. The summed E-state index contributed by atoms with van der Waals surface area (Å²) in [6, 6.07) is 21.7. The molecular weight excluding hydrogens is 438 g/mol. The molecule has 0 spiro atoms. The Morgan fingerprint density at radius 1 is 1.06 bits per heavy atom. The van der Waals surface area contributed by atoms with E-state index in [1.165, 1.54) is 17.9 Å². The van der Waals surface area contributed by atoms with Crippen molar-refractivity contribution in [2.75, 3.05) is 11.9 Å². The Hall–Kier alpha value is -4.28. The molecule has 1 atom stereocenters. The van der Waals surface area contributed by atoms with Gasteiger partial charge in [-0.25, -0.2) is 9.78 Å². The van der Waals surface area contributed by atoms with Gasteiger partial charge in [0.05, 0.1) is 18.5 Å². The zero-order chi connectivity index (χ0) is 23.8. The zero-order valence-corrected chi connectivity index (χ0v) is 19.1. The van der Waals surface area contributed by atoms with Crippen LogP contribution in [0.5, 0.6) is 0 Å². The second kappa shape index (κ2) is 8.49. The number of nitrogens with one attached hydrogen (secondary N) is 1. The molecule has 1 saturated carbocycles. The number of primary amides is 1. The van der Waals surface area contributed by atoms with Crippen LogP contribution in [-0.2, 0) is 10.4 Å². The van der Waals surface area contributed by atoms with Crippen molar-refractivity contribution in [3.63, 3.8) is 0 Å². The number of aromatic nitrogens is 2. The maximum atomic E-state index is 12.3. The van der Waals surface area contributed by atoms with E-state index in [1.54, 1.807) is 6.20 Å². The minimum atomic E-state index is -0.808. The summed E-state index contributed by atoms with van der Waals surface area (Å²) in [4.78, 5) is 22.6. The minimum Gasteiger partial charge on any atom is -0.379 e. The molecule has 174 valence electrons. The molecule has 3 heterocycles. The number of imidazole rings is 1. The standard InChI is InChI=1S/C28H25N5O2/c29-27(34)33-28(15-17-35-33,21-7-2-1-3-8-21)22-9-4-6-20(18-22)11-14-24-19-30-26-25(31-23-12-13-23)10-5-16-32(24)26/h1-10,16,18-19,23,31H,12-13,15,17H2,(H2,29,34). The Labute approximate surface area is 203 Å². The zero-order valence-electron chi connectivity index (χ0n) is 19.1. The molecule has 4 aromatic rings. The molecule has 2 aromatic carbocycles. The summed E-state index contributed by atoms with van der Waals surface area (Å²) >= 11 is 0. The highest BCUT2D eigenvalue weighted by Gasteiger charge is 2.48. The predicted molar refractivity (Wildman–Crippen MR) is 133 cm³/mol. The first-order valence-corrected chi connectivity index (χ1v) is 11.8. The van der Waals surface area contributed by atoms with E-state index in [0.29, 0.717) is 19.1 Å². The second-order valence-electron chi connectivity index (χ2n) is 8.95. The number of urea groups is 1. The lowest BCUT2D eigenvalue weighted by molar-refractivity contribution is -0.107. The monoisotopic (exact) mass is 463 g/mol. The van der Waals surface area contributed by atoms with Crippen molar-refractivity contribution < 1.29 is 9.63 Å². The molecule has 1 unspecified atom stereocenters. The van der Waals surface area contributed by atoms with Crippen LogP contribution in [0.15, 0.2) is 79.1 Å². The lowest BCUT2D eigenvalue weighted by atomic mass is 9.80. The van der Waals surface area contributed by atoms with E-state index >= 15 is 0 Å². The summed E-state index contributed by atoms with van der Waals surface area (Å²) in [7, 11) is 0. The van der Waals surface area contributed by atoms with E-state index in [2.05, 4.69) is 28.2 Å². The first kappa shape index (κ1) is 21.3. The molecule has 3 N–H and O–H groups in total. The third-order valence-corrected chi connectivity index (χ3v) is 6.63. The molecular formula is C28H25N5O2. The van der Waals surface area contributed by atoms with E-state index in [4.69, 9.17) is 10.6 Å². The number of anilines is 1. The van der Waals surface area contributed by atoms with Crippen molar-refractivity contribution in [1.29, 1.82) is 0 Å². The van der Waals surface area contributed by atoms with Crippen LogP contribution in [0.1, 0.15) is 41.6 Å². The molecule has 2 aliphatic rings. The average molecular weight is 464 g/mol. The Morgan fingerprint density at radius 3 is 2.69 bits per heavy atom. The van der Waals surface area contributed by atoms with E-state index in [9.17, 15) is 4.79 Å². The fourth-order valence-electron chi connectivity index (χ4n) is 4.81. The largest absolute Gasteiger partial charge is 0.379 e. The van der Waals surface area contributed by atoms with Gasteiger partial charge in [0.2, 0.25) is 0 Å². The van der Waals surface area contributed by atoms with Crippen molar-refractivity contribution >= 4 is 17.4 Å². The van der Waals surface area contributed by atoms with Crippen molar-refractivity contribution in [1.82, 2.24) is 14.4 Å². The van der Waals surface area contributed by atoms with Crippen molar-refractivity contribution in [3.8, 4) is 11.8 Å². The molecule has 2 amide bonds. The SMILES string of the molecule is NC(=O)N1OCCC1(c1ccccc1)c1cccc(C#Cc2cnc3c(NC4CC4)cccn23)c1. The van der Waals surface area contributed by atoms with Crippen molar-refractivity contribution in [2.45, 2.75) is 30.8 Å². The molecule has 6 rings (SSSR count). The summed E-state index contributed by atoms with van der Waals surface area (Å²) in [5.74, 6) is 6.55. The Bertz CT molecular complexity index is 1460. The molecule has 1 saturated heterocycles. The second-order valence-corrected chi connectivity index (χ2v) is 8.95. The van der Waals surface area contributed by atoms with Crippen LogP contribution in [0.25, 0.3) is 5.65 Å². The van der Waals surface area contributed by atoms with Crippen LogP contribution >= 0.6 is 0 Å². The predicted octanol–water partition coefficient (Wildman–Crippen LogP) is 4.27. The summed E-state index contributed by atoms with van der Waals surface area (Å²) in [6.45, 7) is 0.396. The lowest BCUT2D eigenvalue weighted by Crippen LogP contribution is -2.47. The topological polar surface area (TPSA) is 84.9 Å². The molecule has 0 radical (unpaired) electrons. The van der Waals surface area contributed by atoms with E-state index in [1.807, 2.05) is 71.3 Å². The number of nitrogens with zero attached hydrogens (tertiary/aromatic N) is 3. The number of hydrogen-bond acceptors (Lipinski definition) is 4. The van der Waals surface area contributed by atoms with Gasteiger partial charge in [0.15, 0.2) is 5.65 Å². The number of amides is 2.